The van der Waals surface area contributed by atoms with Gasteiger partial charge in [-0.05, 0) is 62.5 Å². The number of H-pyrrole nitrogens is 1. The molecular weight excluding hydrogens is 433 g/mol. The zero-order chi connectivity index (χ0) is 23.6. The first-order valence-electron chi connectivity index (χ1n) is 10.7. The number of para-hydroxylation sites is 1. The molecule has 0 saturated carbocycles. The van der Waals surface area contributed by atoms with Crippen LogP contribution in [0.5, 0.6) is 0 Å². The van der Waals surface area contributed by atoms with Crippen LogP contribution < -0.4 is 0 Å². The summed E-state index contributed by atoms with van der Waals surface area (Å²) in [4.78, 5) is 19.6. The van der Waals surface area contributed by atoms with Gasteiger partial charge in [-0.15, -0.1) is 0 Å². The zero-order valence-corrected chi connectivity index (χ0v) is 18.1. The maximum atomic E-state index is 10.6. The molecule has 9 heteroatoms. The highest BCUT2D eigenvalue weighted by Crippen LogP contribution is 2.30. The third-order valence-corrected chi connectivity index (χ3v) is 6.00. The molecule has 0 radical (unpaired) electrons. The van der Waals surface area contributed by atoms with E-state index in [1.54, 1.807) is 0 Å². The normalized spacial score (nSPS) is 15.5. The van der Waals surface area contributed by atoms with E-state index in [1.165, 1.54) is 40.8 Å². The number of aromatic amines is 1. The second-order valence-electron chi connectivity index (χ2n) is 8.28. The third kappa shape index (κ3) is 5.19. The Hall–Kier alpha value is -3.33. The molecule has 6 nitrogen and oxygen atoms in total. The number of aliphatic carboxylic acids is 1. The molecule has 5 rings (SSSR count). The van der Waals surface area contributed by atoms with Crippen LogP contribution in [-0.4, -0.2) is 49.6 Å². The number of carboxylic acids is 1. The number of alkyl halides is 3. The van der Waals surface area contributed by atoms with Crippen LogP contribution in [0.15, 0.2) is 54.7 Å². The maximum absolute atomic E-state index is 10.6. The molecule has 3 aromatic heterocycles. The number of nitrogens with one attached hydrogen (secondary N) is 1. The van der Waals surface area contributed by atoms with Gasteiger partial charge in [0.25, 0.3) is 0 Å². The first kappa shape index (κ1) is 22.8. The van der Waals surface area contributed by atoms with E-state index >= 15 is 0 Å². The Labute approximate surface area is 188 Å². The van der Waals surface area contributed by atoms with Crippen LogP contribution in [0, 0.1) is 6.92 Å². The number of rotatable bonds is 3. The van der Waals surface area contributed by atoms with Crippen molar-refractivity contribution in [1.82, 2.24) is 19.3 Å². The quantitative estimate of drug-likeness (QED) is 0.446. The van der Waals surface area contributed by atoms with Gasteiger partial charge in [0.05, 0.1) is 11.9 Å². The van der Waals surface area contributed by atoms with Crippen molar-refractivity contribution in [1.29, 1.82) is 0 Å². The highest BCUT2D eigenvalue weighted by Gasteiger charge is 2.38. The molecule has 1 aromatic carbocycles. The molecule has 1 saturated heterocycles. The van der Waals surface area contributed by atoms with Gasteiger partial charge >= 0.3 is 12.1 Å². The fourth-order valence-corrected chi connectivity index (χ4v) is 4.33. The molecule has 0 unspecified atom stereocenters. The lowest BCUT2D eigenvalue weighted by atomic mass is 9.93. The summed E-state index contributed by atoms with van der Waals surface area (Å²) in [7, 11) is 0. The van der Waals surface area contributed by atoms with Gasteiger partial charge in [-0.2, -0.15) is 13.2 Å². The van der Waals surface area contributed by atoms with Crippen molar-refractivity contribution in [3.63, 3.8) is 0 Å². The van der Waals surface area contributed by atoms with Crippen LogP contribution in [0.25, 0.3) is 16.6 Å². The first-order chi connectivity index (χ1) is 15.7. The lowest BCUT2D eigenvalue weighted by Crippen LogP contribution is -2.33. The largest absolute Gasteiger partial charge is 0.490 e. The molecule has 33 heavy (non-hydrogen) atoms. The minimum atomic E-state index is -5.08. The minimum absolute atomic E-state index is 0.641. The number of likely N-dealkylation sites (tertiary alicyclic amines) is 1. The predicted octanol–water partition coefficient (Wildman–Crippen LogP) is 5.14. The number of benzene rings is 1. The van der Waals surface area contributed by atoms with E-state index in [4.69, 9.17) is 9.90 Å². The van der Waals surface area contributed by atoms with E-state index in [0.29, 0.717) is 5.92 Å². The van der Waals surface area contributed by atoms with Crippen molar-refractivity contribution in [2.75, 3.05) is 13.1 Å². The molecule has 0 aliphatic carbocycles. The number of carbonyl (C=O) groups is 1. The van der Waals surface area contributed by atoms with E-state index in [9.17, 15) is 13.2 Å². The molecule has 0 atom stereocenters. The van der Waals surface area contributed by atoms with Gasteiger partial charge in [0.15, 0.2) is 0 Å². The number of piperidine rings is 1. The molecule has 4 aromatic rings. The van der Waals surface area contributed by atoms with Crippen LogP contribution in [0.3, 0.4) is 0 Å². The van der Waals surface area contributed by atoms with Gasteiger partial charge in [-0.1, -0.05) is 24.3 Å². The van der Waals surface area contributed by atoms with Crippen LogP contribution >= 0.6 is 0 Å². The van der Waals surface area contributed by atoms with Crippen molar-refractivity contribution in [2.24, 2.45) is 0 Å². The van der Waals surface area contributed by atoms with Gasteiger partial charge in [-0.25, -0.2) is 9.78 Å². The topological polar surface area (TPSA) is 73.6 Å². The molecule has 0 amide bonds. The number of nitrogens with zero attached hydrogens (tertiary/aromatic N) is 3. The maximum Gasteiger partial charge on any atom is 0.490 e. The average Bonchev–Trinajstić information content (AvgIpc) is 3.39. The average molecular weight is 458 g/mol. The molecule has 2 N–H and O–H groups in total. The van der Waals surface area contributed by atoms with Crippen molar-refractivity contribution < 1.29 is 23.1 Å². The molecule has 1 aliphatic heterocycles. The fourth-order valence-electron chi connectivity index (χ4n) is 4.33. The summed E-state index contributed by atoms with van der Waals surface area (Å²) >= 11 is 0. The molecule has 4 heterocycles. The molecule has 174 valence electrons. The Bertz CT molecular complexity index is 1220. The molecule has 1 fully saturated rings. The minimum Gasteiger partial charge on any atom is -0.475 e. The Morgan fingerprint density at radius 2 is 1.85 bits per heavy atom. The Balaban J connectivity index is 0.000000325. The molecular formula is C24H25F3N4O2. The molecule has 0 spiro atoms. The number of carboxylic acid groups (broad SMARTS) is 1. The number of pyridine rings is 1. The van der Waals surface area contributed by atoms with Crippen molar-refractivity contribution in [3.05, 3.63) is 71.8 Å². The van der Waals surface area contributed by atoms with Crippen LogP contribution in [0.4, 0.5) is 13.2 Å². The monoisotopic (exact) mass is 458 g/mol. The fraction of sp³-hybridized carbons (Fsp3) is 0.333. The number of aryl methyl sites for hydroxylation is 1. The lowest BCUT2D eigenvalue weighted by molar-refractivity contribution is -0.192. The molecule has 0 bridgehead atoms. The predicted molar refractivity (Wildman–Crippen MR) is 119 cm³/mol. The number of aromatic nitrogens is 3. The summed E-state index contributed by atoms with van der Waals surface area (Å²) in [5.74, 6) is -2.12. The number of hydrogen-bond acceptors (Lipinski definition) is 3. The van der Waals surface area contributed by atoms with E-state index in [0.717, 1.165) is 25.3 Å². The van der Waals surface area contributed by atoms with Gasteiger partial charge in [0, 0.05) is 29.4 Å². The number of fused-ring (bicyclic) bond motifs is 2. The highest BCUT2D eigenvalue weighted by atomic mass is 19.4. The summed E-state index contributed by atoms with van der Waals surface area (Å²) in [5, 5.41) is 8.45. The smallest absolute Gasteiger partial charge is 0.475 e. The summed E-state index contributed by atoms with van der Waals surface area (Å²) < 4.78 is 34.0. The Kier molecular flexibility index (Phi) is 6.42. The van der Waals surface area contributed by atoms with Gasteiger partial charge < -0.3 is 14.5 Å². The number of imidazole rings is 1. The summed E-state index contributed by atoms with van der Waals surface area (Å²) in [6.07, 6.45) is -0.628. The second-order valence-corrected chi connectivity index (χ2v) is 8.28. The van der Waals surface area contributed by atoms with Crippen molar-refractivity contribution >= 4 is 22.5 Å². The van der Waals surface area contributed by atoms with E-state index in [-0.39, 0.29) is 0 Å². The Morgan fingerprint density at radius 3 is 2.52 bits per heavy atom. The van der Waals surface area contributed by atoms with Crippen molar-refractivity contribution in [3.8, 4) is 0 Å². The SMILES string of the molecule is Cc1cccc2ncc(CN3CCC(c4cc5ccccc5[nH]4)CC3)n12.O=C(O)C(F)(F)F. The van der Waals surface area contributed by atoms with E-state index < -0.39 is 12.1 Å². The van der Waals surface area contributed by atoms with Crippen LogP contribution in [0.2, 0.25) is 0 Å². The van der Waals surface area contributed by atoms with Gasteiger partial charge in [0.1, 0.15) is 5.65 Å². The van der Waals surface area contributed by atoms with E-state index in [2.05, 4.69) is 74.7 Å². The standard InChI is InChI=1S/C22H24N4.C2HF3O2/c1-16-5-4-8-22-23-14-19(26(16)22)15-25-11-9-17(10-12-25)21-13-18-6-2-3-7-20(18)24-21;3-2(4,5)1(6)7/h2-8,13-14,17,24H,9-12,15H2,1H3;(H,6,7). The number of hydrogen-bond donors (Lipinski definition) is 2. The first-order valence-corrected chi connectivity index (χ1v) is 10.7. The summed E-state index contributed by atoms with van der Waals surface area (Å²) in [6, 6.07) is 17.2. The third-order valence-electron chi connectivity index (χ3n) is 6.00. The van der Waals surface area contributed by atoms with E-state index in [1.807, 2.05) is 6.20 Å². The number of halogens is 3. The summed E-state index contributed by atoms with van der Waals surface area (Å²) in [6.45, 7) is 5.41. The lowest BCUT2D eigenvalue weighted by Gasteiger charge is -2.31. The van der Waals surface area contributed by atoms with Gasteiger partial charge in [-0.3, -0.25) is 4.90 Å². The van der Waals surface area contributed by atoms with Crippen molar-refractivity contribution in [2.45, 2.75) is 38.4 Å². The van der Waals surface area contributed by atoms with Crippen LogP contribution in [-0.2, 0) is 11.3 Å². The molecule has 1 aliphatic rings. The highest BCUT2D eigenvalue weighted by molar-refractivity contribution is 5.80. The van der Waals surface area contributed by atoms with Gasteiger partial charge in [0.2, 0.25) is 0 Å². The van der Waals surface area contributed by atoms with Crippen LogP contribution in [0.1, 0.15) is 35.8 Å². The Morgan fingerprint density at radius 1 is 1.15 bits per heavy atom. The summed E-state index contributed by atoms with van der Waals surface area (Å²) in [5.41, 5.74) is 6.25. The zero-order valence-electron chi connectivity index (χ0n) is 18.1. The second kappa shape index (κ2) is 9.27.